The van der Waals surface area contributed by atoms with Crippen LogP contribution >= 0.6 is 0 Å². The summed E-state index contributed by atoms with van der Waals surface area (Å²) in [6, 6.07) is 8.62. The topological polar surface area (TPSA) is 106 Å². The van der Waals surface area contributed by atoms with E-state index in [1.165, 1.54) is 0 Å². The van der Waals surface area contributed by atoms with Crippen molar-refractivity contribution in [2.45, 2.75) is 44.2 Å². The predicted molar refractivity (Wildman–Crippen MR) is 86.5 cm³/mol. The van der Waals surface area contributed by atoms with Gasteiger partial charge in [0.1, 0.15) is 18.3 Å². The van der Waals surface area contributed by atoms with Gasteiger partial charge in [0.15, 0.2) is 12.0 Å². The van der Waals surface area contributed by atoms with Crippen LogP contribution in [0.1, 0.15) is 24.2 Å². The smallest absolute Gasteiger partial charge is 0.251 e. The average molecular weight is 350 g/mol. The maximum atomic E-state index is 12.1. The molecule has 0 spiro atoms. The monoisotopic (exact) mass is 350 g/mol. The fourth-order valence-electron chi connectivity index (χ4n) is 3.01. The Bertz CT molecular complexity index is 635. The zero-order valence-corrected chi connectivity index (χ0v) is 14.1. The molecule has 1 aromatic carbocycles. The first-order valence-corrected chi connectivity index (χ1v) is 8.14. The molecule has 136 valence electrons. The number of hydrogen-bond donors (Lipinski definition) is 3. The van der Waals surface area contributed by atoms with Gasteiger partial charge in [-0.15, -0.1) is 0 Å². The fraction of sp³-hybridized carbons (Fsp3) is 0.529. The molecular weight excluding hydrogens is 328 g/mol. The van der Waals surface area contributed by atoms with E-state index in [-0.39, 0.29) is 19.1 Å². The molecule has 25 heavy (non-hydrogen) atoms. The molecule has 1 aromatic rings. The molecule has 0 unspecified atom stereocenters. The van der Waals surface area contributed by atoms with Gasteiger partial charge in [-0.25, -0.2) is 0 Å². The second-order valence-corrected chi connectivity index (χ2v) is 6.46. The summed E-state index contributed by atoms with van der Waals surface area (Å²) in [6.07, 6.45) is -2.29. The second kappa shape index (κ2) is 7.09. The summed E-state index contributed by atoms with van der Waals surface area (Å²) in [7, 11) is 0. The maximum absolute atomic E-state index is 12.1. The lowest BCUT2D eigenvalue weighted by Crippen LogP contribution is -2.47. The molecule has 3 rings (SSSR count). The van der Waals surface area contributed by atoms with E-state index in [4.69, 9.17) is 14.2 Å². The number of amides is 2. The standard InChI is InChI=1S/C17H22N2O6/c1-17(2)24-13-11(9-20)23-16(14(13)25-17)19-12(21)8-18-15(22)10-6-4-3-5-7-10/h3-7,11,13-14,16,20H,8-9H2,1-2H3,(H,18,22)(H,19,21)/t11-,13+,14+,16+/m0/s1. The van der Waals surface area contributed by atoms with Crippen LogP contribution in [0.5, 0.6) is 0 Å². The Morgan fingerprint density at radius 3 is 2.52 bits per heavy atom. The number of rotatable bonds is 5. The van der Waals surface area contributed by atoms with Crippen LogP contribution in [0.15, 0.2) is 30.3 Å². The molecule has 4 atom stereocenters. The number of benzene rings is 1. The van der Waals surface area contributed by atoms with Gasteiger partial charge in [-0.05, 0) is 26.0 Å². The zero-order chi connectivity index (χ0) is 18.0. The highest BCUT2D eigenvalue weighted by atomic mass is 16.8. The number of carbonyl (C=O) groups is 2. The predicted octanol–water partition coefficient (Wildman–Crippen LogP) is -0.230. The number of hydrogen-bond acceptors (Lipinski definition) is 6. The van der Waals surface area contributed by atoms with Crippen LogP contribution in [-0.4, -0.2) is 60.4 Å². The van der Waals surface area contributed by atoms with Crippen molar-refractivity contribution in [2.75, 3.05) is 13.2 Å². The molecule has 3 N–H and O–H groups in total. The van der Waals surface area contributed by atoms with Crippen LogP contribution in [0, 0.1) is 0 Å². The number of aliphatic hydroxyl groups is 1. The molecule has 2 heterocycles. The largest absolute Gasteiger partial charge is 0.394 e. The van der Waals surface area contributed by atoms with E-state index in [1.54, 1.807) is 44.2 Å². The van der Waals surface area contributed by atoms with E-state index in [2.05, 4.69) is 10.6 Å². The minimum Gasteiger partial charge on any atom is -0.394 e. The summed E-state index contributed by atoms with van der Waals surface area (Å²) >= 11 is 0. The maximum Gasteiger partial charge on any atom is 0.251 e. The molecular formula is C17H22N2O6. The lowest BCUT2D eigenvalue weighted by Gasteiger charge is -2.24. The van der Waals surface area contributed by atoms with Crippen molar-refractivity contribution >= 4 is 11.8 Å². The summed E-state index contributed by atoms with van der Waals surface area (Å²) in [5.41, 5.74) is 0.474. The lowest BCUT2D eigenvalue weighted by atomic mass is 10.1. The molecule has 0 aromatic heterocycles. The number of fused-ring (bicyclic) bond motifs is 1. The molecule has 8 nitrogen and oxygen atoms in total. The van der Waals surface area contributed by atoms with Crippen molar-refractivity contribution < 1.29 is 28.9 Å². The Morgan fingerprint density at radius 2 is 1.84 bits per heavy atom. The van der Waals surface area contributed by atoms with Crippen LogP contribution in [0.2, 0.25) is 0 Å². The minimum atomic E-state index is -0.808. The molecule has 8 heteroatoms. The van der Waals surface area contributed by atoms with Gasteiger partial charge in [0.25, 0.3) is 5.91 Å². The molecule has 2 aliphatic rings. The molecule has 0 saturated carbocycles. The minimum absolute atomic E-state index is 0.195. The molecule has 0 bridgehead atoms. The SMILES string of the molecule is CC1(C)O[C@@H]2[C@H](O1)[C@H](CO)O[C@H]2NC(=O)CNC(=O)c1ccccc1. The number of ether oxygens (including phenoxy) is 3. The van der Waals surface area contributed by atoms with Gasteiger partial charge in [-0.1, -0.05) is 18.2 Å². The van der Waals surface area contributed by atoms with Crippen LogP contribution in [0.4, 0.5) is 0 Å². The van der Waals surface area contributed by atoms with Gasteiger partial charge >= 0.3 is 0 Å². The third-order valence-corrected chi connectivity index (χ3v) is 4.08. The molecule has 2 fully saturated rings. The van der Waals surface area contributed by atoms with Crippen molar-refractivity contribution in [3.8, 4) is 0 Å². The third kappa shape index (κ3) is 3.98. The summed E-state index contributed by atoms with van der Waals surface area (Å²) < 4.78 is 17.1. The van der Waals surface area contributed by atoms with E-state index in [0.29, 0.717) is 5.56 Å². The van der Waals surface area contributed by atoms with Gasteiger partial charge in [0.2, 0.25) is 5.91 Å². The van der Waals surface area contributed by atoms with Crippen LogP contribution < -0.4 is 10.6 Å². The Kier molecular flexibility index (Phi) is 5.05. The molecule has 2 saturated heterocycles. The highest BCUT2D eigenvalue weighted by molar-refractivity contribution is 5.96. The summed E-state index contributed by atoms with van der Waals surface area (Å²) in [4.78, 5) is 24.1. The highest BCUT2D eigenvalue weighted by Crippen LogP contribution is 2.37. The third-order valence-electron chi connectivity index (χ3n) is 4.08. The van der Waals surface area contributed by atoms with E-state index in [9.17, 15) is 14.7 Å². The average Bonchev–Trinajstić information content (AvgIpc) is 3.07. The van der Waals surface area contributed by atoms with Gasteiger partial charge < -0.3 is 30.0 Å². The van der Waals surface area contributed by atoms with Gasteiger partial charge in [-0.3, -0.25) is 9.59 Å². The first kappa shape index (κ1) is 17.8. The lowest BCUT2D eigenvalue weighted by molar-refractivity contribution is -0.194. The highest BCUT2D eigenvalue weighted by Gasteiger charge is 2.55. The van der Waals surface area contributed by atoms with Crippen LogP contribution in [0.25, 0.3) is 0 Å². The first-order valence-electron chi connectivity index (χ1n) is 8.14. The quantitative estimate of drug-likeness (QED) is 0.677. The normalized spacial score (nSPS) is 29.9. The Hall–Kier alpha value is -2.00. The van der Waals surface area contributed by atoms with Gasteiger partial charge in [-0.2, -0.15) is 0 Å². The summed E-state index contributed by atoms with van der Waals surface area (Å²) in [6.45, 7) is 3.09. The number of carbonyl (C=O) groups excluding carboxylic acids is 2. The Morgan fingerprint density at radius 1 is 1.16 bits per heavy atom. The summed E-state index contributed by atoms with van der Waals surface area (Å²) in [5, 5.41) is 14.6. The van der Waals surface area contributed by atoms with E-state index in [1.807, 2.05) is 0 Å². The molecule has 2 aliphatic heterocycles. The van der Waals surface area contributed by atoms with E-state index in [0.717, 1.165) is 0 Å². The van der Waals surface area contributed by atoms with Crippen LogP contribution in [0.3, 0.4) is 0 Å². The molecule has 2 amide bonds. The van der Waals surface area contributed by atoms with Gasteiger partial charge in [0, 0.05) is 5.56 Å². The fourth-order valence-corrected chi connectivity index (χ4v) is 3.01. The first-order chi connectivity index (χ1) is 11.9. The van der Waals surface area contributed by atoms with Crippen molar-refractivity contribution in [2.24, 2.45) is 0 Å². The van der Waals surface area contributed by atoms with Gasteiger partial charge in [0.05, 0.1) is 13.2 Å². The number of aliphatic hydroxyl groups excluding tert-OH is 1. The molecule has 0 aliphatic carbocycles. The summed E-state index contributed by atoms with van der Waals surface area (Å²) in [5.74, 6) is -1.56. The number of nitrogens with one attached hydrogen (secondary N) is 2. The van der Waals surface area contributed by atoms with Crippen molar-refractivity contribution in [3.05, 3.63) is 35.9 Å². The van der Waals surface area contributed by atoms with Crippen molar-refractivity contribution in [3.63, 3.8) is 0 Å². The van der Waals surface area contributed by atoms with Crippen LogP contribution in [-0.2, 0) is 19.0 Å². The Balaban J connectivity index is 1.53. The second-order valence-electron chi connectivity index (χ2n) is 6.46. The van der Waals surface area contributed by atoms with E-state index >= 15 is 0 Å². The van der Waals surface area contributed by atoms with E-state index < -0.39 is 36.2 Å². The molecule has 0 radical (unpaired) electrons. The van der Waals surface area contributed by atoms with Crippen molar-refractivity contribution in [1.82, 2.24) is 10.6 Å². The Labute approximate surface area is 145 Å². The van der Waals surface area contributed by atoms with Crippen molar-refractivity contribution in [1.29, 1.82) is 0 Å². The zero-order valence-electron chi connectivity index (χ0n) is 14.1.